The molecule has 0 radical (unpaired) electrons. The van der Waals surface area contributed by atoms with E-state index in [2.05, 4.69) is 26.5 Å². The number of rotatable bonds is 8. The minimum atomic E-state index is -0.714. The lowest BCUT2D eigenvalue weighted by Crippen LogP contribution is -1.99. The lowest BCUT2D eigenvalue weighted by atomic mass is 10.2. The Morgan fingerprint density at radius 3 is 2.42 bits per heavy atom. The maximum atomic E-state index is 11.2. The Morgan fingerprint density at radius 1 is 1.03 bits per heavy atom. The van der Waals surface area contributed by atoms with E-state index in [-0.39, 0.29) is 11.4 Å². The monoisotopic (exact) mass is 504 g/mol. The molecule has 31 heavy (non-hydrogen) atoms. The van der Waals surface area contributed by atoms with Gasteiger partial charge in [-0.2, -0.15) is 5.10 Å². The SMILES string of the molecule is O=[N+]([O-])c1ccc(N/N=C\c2ccc(OCc3ccc(Cl)cc3)c(Br)c2)c([N+](=O)[O-])c1. The van der Waals surface area contributed by atoms with Crippen LogP contribution in [0.5, 0.6) is 5.75 Å². The minimum absolute atomic E-state index is 0.0360. The molecule has 0 fully saturated rings. The molecule has 11 heteroatoms. The molecule has 1 N–H and O–H groups in total. The van der Waals surface area contributed by atoms with E-state index >= 15 is 0 Å². The van der Waals surface area contributed by atoms with Crippen LogP contribution in [0, 0.1) is 20.2 Å². The van der Waals surface area contributed by atoms with Crippen LogP contribution in [-0.2, 0) is 6.61 Å². The predicted octanol–water partition coefficient (Wildman–Crippen LogP) is 5.94. The van der Waals surface area contributed by atoms with Crippen molar-refractivity contribution in [1.29, 1.82) is 0 Å². The zero-order valence-electron chi connectivity index (χ0n) is 15.7. The summed E-state index contributed by atoms with van der Waals surface area (Å²) in [4.78, 5) is 20.5. The molecule has 3 aromatic carbocycles. The average molecular weight is 506 g/mol. The fourth-order valence-corrected chi connectivity index (χ4v) is 3.15. The summed E-state index contributed by atoms with van der Waals surface area (Å²) < 4.78 is 6.48. The van der Waals surface area contributed by atoms with E-state index in [1.54, 1.807) is 30.3 Å². The van der Waals surface area contributed by atoms with Crippen LogP contribution >= 0.6 is 27.5 Å². The fraction of sp³-hybridized carbons (Fsp3) is 0.0500. The Balaban J connectivity index is 1.66. The molecule has 3 aromatic rings. The molecule has 0 saturated heterocycles. The van der Waals surface area contributed by atoms with Gasteiger partial charge >= 0.3 is 5.69 Å². The number of anilines is 1. The van der Waals surface area contributed by atoms with Gasteiger partial charge in [-0.05, 0) is 63.5 Å². The number of ether oxygens (including phenoxy) is 1. The lowest BCUT2D eigenvalue weighted by Gasteiger charge is -2.09. The van der Waals surface area contributed by atoms with Crippen LogP contribution < -0.4 is 10.2 Å². The number of non-ortho nitro benzene ring substituents is 1. The maximum absolute atomic E-state index is 11.2. The second-order valence-electron chi connectivity index (χ2n) is 6.19. The molecule has 158 valence electrons. The molecule has 0 aliphatic carbocycles. The Morgan fingerprint density at radius 2 is 1.77 bits per heavy atom. The van der Waals surface area contributed by atoms with Crippen LogP contribution in [0.25, 0.3) is 0 Å². The summed E-state index contributed by atoms with van der Waals surface area (Å²) >= 11 is 9.31. The average Bonchev–Trinajstić information content (AvgIpc) is 2.74. The summed E-state index contributed by atoms with van der Waals surface area (Å²) in [5, 5.41) is 26.6. The summed E-state index contributed by atoms with van der Waals surface area (Å²) in [5.74, 6) is 0.631. The normalized spacial score (nSPS) is 10.8. The minimum Gasteiger partial charge on any atom is -0.488 e. The first-order chi connectivity index (χ1) is 14.8. The summed E-state index contributed by atoms with van der Waals surface area (Å²) in [6.07, 6.45) is 1.46. The van der Waals surface area contributed by atoms with Gasteiger partial charge in [0.1, 0.15) is 18.0 Å². The molecule has 0 amide bonds. The van der Waals surface area contributed by atoms with E-state index < -0.39 is 15.5 Å². The molecule has 0 aliphatic rings. The van der Waals surface area contributed by atoms with Crippen molar-refractivity contribution < 1.29 is 14.6 Å². The molecule has 3 rings (SSSR count). The Labute approximate surface area is 189 Å². The largest absolute Gasteiger partial charge is 0.488 e. The van der Waals surface area contributed by atoms with Crippen LogP contribution in [0.1, 0.15) is 11.1 Å². The number of benzene rings is 3. The smallest absolute Gasteiger partial charge is 0.301 e. The first-order valence-corrected chi connectivity index (χ1v) is 9.89. The quantitative estimate of drug-likeness (QED) is 0.230. The summed E-state index contributed by atoms with van der Waals surface area (Å²) in [7, 11) is 0. The van der Waals surface area contributed by atoms with E-state index in [1.807, 2.05) is 12.1 Å². The maximum Gasteiger partial charge on any atom is 0.301 e. The van der Waals surface area contributed by atoms with Gasteiger partial charge in [-0.15, -0.1) is 0 Å². The van der Waals surface area contributed by atoms with E-state index in [0.29, 0.717) is 27.4 Å². The Bertz CT molecular complexity index is 1150. The van der Waals surface area contributed by atoms with Gasteiger partial charge in [-0.3, -0.25) is 25.7 Å². The molecule has 0 atom stereocenters. The van der Waals surface area contributed by atoms with Crippen molar-refractivity contribution in [2.75, 3.05) is 5.43 Å². The number of nitro groups is 2. The van der Waals surface area contributed by atoms with Gasteiger partial charge in [0.2, 0.25) is 0 Å². The summed E-state index contributed by atoms with van der Waals surface area (Å²) in [6.45, 7) is 0.370. The first-order valence-electron chi connectivity index (χ1n) is 8.72. The topological polar surface area (TPSA) is 120 Å². The van der Waals surface area contributed by atoms with Crippen molar-refractivity contribution in [2.24, 2.45) is 5.10 Å². The third-order valence-corrected chi connectivity index (χ3v) is 4.92. The second kappa shape index (κ2) is 10.0. The van der Waals surface area contributed by atoms with Crippen LogP contribution in [0.3, 0.4) is 0 Å². The third kappa shape index (κ3) is 6.00. The van der Waals surface area contributed by atoms with Crippen molar-refractivity contribution in [3.05, 3.63) is 102 Å². The van der Waals surface area contributed by atoms with Gasteiger partial charge < -0.3 is 4.74 Å². The van der Waals surface area contributed by atoms with Gasteiger partial charge in [0.25, 0.3) is 5.69 Å². The lowest BCUT2D eigenvalue weighted by molar-refractivity contribution is -0.393. The van der Waals surface area contributed by atoms with E-state index in [1.165, 1.54) is 12.3 Å². The Hall–Kier alpha value is -3.50. The molecule has 9 nitrogen and oxygen atoms in total. The molecule has 0 saturated carbocycles. The Kier molecular flexibility index (Phi) is 7.16. The van der Waals surface area contributed by atoms with Gasteiger partial charge in [0.15, 0.2) is 0 Å². The van der Waals surface area contributed by atoms with Crippen LogP contribution in [0.15, 0.2) is 70.2 Å². The van der Waals surface area contributed by atoms with Crippen molar-refractivity contribution in [2.45, 2.75) is 6.61 Å². The van der Waals surface area contributed by atoms with Crippen LogP contribution in [0.2, 0.25) is 5.02 Å². The van der Waals surface area contributed by atoms with Crippen LogP contribution in [-0.4, -0.2) is 16.1 Å². The highest BCUT2D eigenvalue weighted by molar-refractivity contribution is 9.10. The molecule has 0 aliphatic heterocycles. The summed E-state index contributed by atoms with van der Waals surface area (Å²) in [5.41, 5.74) is 3.42. The van der Waals surface area contributed by atoms with Gasteiger partial charge in [-0.1, -0.05) is 23.7 Å². The van der Waals surface area contributed by atoms with Gasteiger partial charge in [0, 0.05) is 11.1 Å². The predicted molar refractivity (Wildman–Crippen MR) is 121 cm³/mol. The zero-order chi connectivity index (χ0) is 22.4. The molecule has 0 unspecified atom stereocenters. The molecule has 0 spiro atoms. The zero-order valence-corrected chi connectivity index (χ0v) is 18.0. The van der Waals surface area contributed by atoms with Crippen molar-refractivity contribution in [3.63, 3.8) is 0 Å². The molecule has 0 bridgehead atoms. The summed E-state index contributed by atoms with van der Waals surface area (Å²) in [6, 6.07) is 15.9. The van der Waals surface area contributed by atoms with Gasteiger partial charge in [0.05, 0.1) is 26.6 Å². The number of nitrogens with zero attached hydrogens (tertiary/aromatic N) is 3. The molecule has 0 aromatic heterocycles. The number of halogens is 2. The second-order valence-corrected chi connectivity index (χ2v) is 7.48. The van der Waals surface area contributed by atoms with Crippen molar-refractivity contribution >= 4 is 50.8 Å². The molecular formula is C20H14BrClN4O5. The highest BCUT2D eigenvalue weighted by Crippen LogP contribution is 2.29. The standard InChI is InChI=1S/C20H14BrClN4O5/c21-17-9-14(3-8-20(17)31-12-13-1-4-15(22)5-2-13)11-23-24-18-7-6-16(25(27)28)10-19(18)26(29)30/h1-11,24H,12H2/b23-11-. The number of hydrogen-bond acceptors (Lipinski definition) is 7. The number of nitro benzene ring substituents is 2. The number of hydrazone groups is 1. The first kappa shape index (κ1) is 22.2. The fourth-order valence-electron chi connectivity index (χ4n) is 2.51. The van der Waals surface area contributed by atoms with Crippen molar-refractivity contribution in [3.8, 4) is 5.75 Å². The third-order valence-electron chi connectivity index (χ3n) is 4.05. The number of hydrogen-bond donors (Lipinski definition) is 1. The highest BCUT2D eigenvalue weighted by atomic mass is 79.9. The van der Waals surface area contributed by atoms with E-state index in [0.717, 1.165) is 17.7 Å². The van der Waals surface area contributed by atoms with Gasteiger partial charge in [-0.25, -0.2) is 0 Å². The molecular weight excluding hydrogens is 492 g/mol. The van der Waals surface area contributed by atoms with E-state index in [4.69, 9.17) is 16.3 Å². The highest BCUT2D eigenvalue weighted by Gasteiger charge is 2.19. The van der Waals surface area contributed by atoms with Crippen LogP contribution in [0.4, 0.5) is 17.1 Å². The van der Waals surface area contributed by atoms with E-state index in [9.17, 15) is 20.2 Å². The number of nitrogens with one attached hydrogen (secondary N) is 1. The molecule has 0 heterocycles. The van der Waals surface area contributed by atoms with Crippen molar-refractivity contribution in [1.82, 2.24) is 0 Å².